The van der Waals surface area contributed by atoms with Crippen molar-refractivity contribution in [3.63, 3.8) is 0 Å². The number of rotatable bonds is 7. The highest BCUT2D eigenvalue weighted by atomic mass is 16.5. The predicted molar refractivity (Wildman–Crippen MR) is 115 cm³/mol. The molecule has 6 heteroatoms. The van der Waals surface area contributed by atoms with Gasteiger partial charge in [-0.25, -0.2) is 0 Å². The summed E-state index contributed by atoms with van der Waals surface area (Å²) in [6, 6.07) is 11.6. The number of hydrogen-bond acceptors (Lipinski definition) is 4. The lowest BCUT2D eigenvalue weighted by atomic mass is 10.1. The number of aryl methyl sites for hydroxylation is 2. The van der Waals surface area contributed by atoms with Gasteiger partial charge in [0.05, 0.1) is 25.0 Å². The van der Waals surface area contributed by atoms with Gasteiger partial charge in [0.1, 0.15) is 17.2 Å². The minimum Gasteiger partial charge on any atom is -0.497 e. The van der Waals surface area contributed by atoms with Gasteiger partial charge in [0.15, 0.2) is 0 Å². The summed E-state index contributed by atoms with van der Waals surface area (Å²) >= 11 is 0. The van der Waals surface area contributed by atoms with Crippen molar-refractivity contribution in [2.45, 2.75) is 32.4 Å². The van der Waals surface area contributed by atoms with Crippen molar-refractivity contribution in [1.82, 2.24) is 9.47 Å². The Morgan fingerprint density at radius 1 is 1.30 bits per heavy atom. The maximum atomic E-state index is 13.8. The van der Waals surface area contributed by atoms with Crippen molar-refractivity contribution in [3.05, 3.63) is 65.7 Å². The van der Waals surface area contributed by atoms with E-state index in [1.165, 1.54) is 0 Å². The molecular formula is C24H28N2O4. The van der Waals surface area contributed by atoms with E-state index in [4.69, 9.17) is 13.9 Å². The quantitative estimate of drug-likeness (QED) is 0.581. The van der Waals surface area contributed by atoms with Crippen molar-refractivity contribution in [2.75, 3.05) is 20.3 Å². The van der Waals surface area contributed by atoms with Crippen molar-refractivity contribution in [2.24, 2.45) is 7.05 Å². The fourth-order valence-corrected chi connectivity index (χ4v) is 4.17. The van der Waals surface area contributed by atoms with E-state index in [1.807, 2.05) is 66.0 Å². The Morgan fingerprint density at radius 2 is 2.17 bits per heavy atom. The first-order valence-corrected chi connectivity index (χ1v) is 10.3. The largest absolute Gasteiger partial charge is 0.497 e. The molecule has 0 N–H and O–H groups in total. The molecule has 158 valence electrons. The Kier molecular flexibility index (Phi) is 5.95. The Hall–Kier alpha value is -2.99. The Bertz CT molecular complexity index is 1000. The van der Waals surface area contributed by atoms with Crippen LogP contribution in [0.25, 0.3) is 11.3 Å². The van der Waals surface area contributed by atoms with Crippen LogP contribution in [-0.2, 0) is 18.3 Å². The maximum Gasteiger partial charge on any atom is 0.271 e. The van der Waals surface area contributed by atoms with Gasteiger partial charge in [-0.2, -0.15) is 0 Å². The summed E-state index contributed by atoms with van der Waals surface area (Å²) < 4.78 is 18.7. The summed E-state index contributed by atoms with van der Waals surface area (Å²) in [7, 11) is 3.55. The molecular weight excluding hydrogens is 380 g/mol. The number of aromatic nitrogens is 1. The summed E-state index contributed by atoms with van der Waals surface area (Å²) in [6.07, 6.45) is 5.68. The summed E-state index contributed by atoms with van der Waals surface area (Å²) in [5.74, 6) is 1.45. The van der Waals surface area contributed by atoms with E-state index in [0.29, 0.717) is 24.5 Å². The van der Waals surface area contributed by atoms with Gasteiger partial charge in [-0.3, -0.25) is 4.79 Å². The maximum absolute atomic E-state index is 13.8. The third-order valence-corrected chi connectivity index (χ3v) is 5.58. The molecule has 0 bridgehead atoms. The lowest BCUT2D eigenvalue weighted by Gasteiger charge is -2.26. The summed E-state index contributed by atoms with van der Waals surface area (Å²) in [4.78, 5) is 15.7. The molecule has 30 heavy (non-hydrogen) atoms. The monoisotopic (exact) mass is 408 g/mol. The van der Waals surface area contributed by atoms with Crippen LogP contribution in [0.3, 0.4) is 0 Å². The molecule has 0 radical (unpaired) electrons. The lowest BCUT2D eigenvalue weighted by molar-refractivity contribution is 0.0500. The summed E-state index contributed by atoms with van der Waals surface area (Å²) in [5.41, 5.74) is 3.50. The topological polar surface area (TPSA) is 56.8 Å². The molecule has 4 rings (SSSR count). The first kappa shape index (κ1) is 20.3. The van der Waals surface area contributed by atoms with E-state index < -0.39 is 0 Å². The van der Waals surface area contributed by atoms with Crippen LogP contribution < -0.4 is 4.74 Å². The number of amides is 1. The molecule has 6 nitrogen and oxygen atoms in total. The minimum absolute atomic E-state index is 0.0321. The SMILES string of the molecule is COc1cccc(CN(CC2CCCO2)C(=O)c2c(-c3ccco3)c(C)cn2C)c1. The predicted octanol–water partition coefficient (Wildman–Crippen LogP) is 4.42. The number of benzene rings is 1. The van der Waals surface area contributed by atoms with Crippen molar-refractivity contribution < 1.29 is 18.7 Å². The van der Waals surface area contributed by atoms with E-state index in [9.17, 15) is 4.79 Å². The molecule has 1 unspecified atom stereocenters. The Morgan fingerprint density at radius 3 is 2.87 bits per heavy atom. The molecule has 1 fully saturated rings. The summed E-state index contributed by atoms with van der Waals surface area (Å²) in [6.45, 7) is 3.80. The van der Waals surface area contributed by atoms with Gasteiger partial charge >= 0.3 is 0 Å². The zero-order chi connectivity index (χ0) is 21.1. The van der Waals surface area contributed by atoms with Crippen molar-refractivity contribution >= 4 is 5.91 Å². The number of methoxy groups -OCH3 is 1. The second-order valence-electron chi connectivity index (χ2n) is 7.80. The second-order valence-corrected chi connectivity index (χ2v) is 7.80. The number of ether oxygens (including phenoxy) is 2. The van der Waals surface area contributed by atoms with E-state index in [0.717, 1.165) is 41.9 Å². The molecule has 1 atom stereocenters. The van der Waals surface area contributed by atoms with Crippen LogP contribution in [0.2, 0.25) is 0 Å². The number of hydrogen-bond donors (Lipinski definition) is 0. The van der Waals surface area contributed by atoms with Crippen LogP contribution in [0.5, 0.6) is 5.75 Å². The smallest absolute Gasteiger partial charge is 0.271 e. The molecule has 1 saturated heterocycles. The zero-order valence-electron chi connectivity index (χ0n) is 17.8. The molecule has 1 aliphatic rings. The number of carbonyl (C=O) groups excluding carboxylic acids is 1. The zero-order valence-corrected chi connectivity index (χ0v) is 17.8. The first-order valence-electron chi connectivity index (χ1n) is 10.3. The Labute approximate surface area is 177 Å². The average Bonchev–Trinajstić information content (AvgIpc) is 3.49. The third-order valence-electron chi connectivity index (χ3n) is 5.58. The molecule has 0 spiro atoms. The van der Waals surface area contributed by atoms with Gasteiger partial charge < -0.3 is 23.4 Å². The normalized spacial score (nSPS) is 16.0. The van der Waals surface area contributed by atoms with Crippen LogP contribution in [-0.4, -0.2) is 41.7 Å². The van der Waals surface area contributed by atoms with Crippen molar-refractivity contribution in [1.29, 1.82) is 0 Å². The molecule has 1 aromatic carbocycles. The molecule has 1 aliphatic heterocycles. The number of furan rings is 1. The van der Waals surface area contributed by atoms with Gasteiger partial charge in [0, 0.05) is 32.9 Å². The van der Waals surface area contributed by atoms with Crippen LogP contribution in [0.1, 0.15) is 34.5 Å². The fourth-order valence-electron chi connectivity index (χ4n) is 4.17. The highest BCUT2D eigenvalue weighted by Crippen LogP contribution is 2.31. The number of carbonyl (C=O) groups is 1. The second kappa shape index (κ2) is 8.79. The van der Waals surface area contributed by atoms with E-state index in [2.05, 4.69) is 0 Å². The van der Waals surface area contributed by atoms with Crippen LogP contribution in [0, 0.1) is 6.92 Å². The molecule has 0 saturated carbocycles. The fraction of sp³-hybridized carbons (Fsp3) is 0.375. The minimum atomic E-state index is -0.0321. The van der Waals surface area contributed by atoms with E-state index >= 15 is 0 Å². The van der Waals surface area contributed by atoms with E-state index in [-0.39, 0.29) is 12.0 Å². The van der Waals surface area contributed by atoms with E-state index in [1.54, 1.807) is 13.4 Å². The lowest BCUT2D eigenvalue weighted by Crippen LogP contribution is -2.38. The van der Waals surface area contributed by atoms with Gasteiger partial charge in [0.2, 0.25) is 0 Å². The average molecular weight is 408 g/mol. The van der Waals surface area contributed by atoms with Gasteiger partial charge in [-0.05, 0) is 55.2 Å². The highest BCUT2D eigenvalue weighted by Gasteiger charge is 2.29. The molecule has 3 aromatic rings. The third kappa shape index (κ3) is 4.14. The van der Waals surface area contributed by atoms with Gasteiger partial charge in [-0.1, -0.05) is 12.1 Å². The molecule has 2 aromatic heterocycles. The van der Waals surface area contributed by atoms with Crippen LogP contribution in [0.15, 0.2) is 53.3 Å². The van der Waals surface area contributed by atoms with Crippen LogP contribution in [0.4, 0.5) is 0 Å². The van der Waals surface area contributed by atoms with Crippen molar-refractivity contribution in [3.8, 4) is 17.1 Å². The van der Waals surface area contributed by atoms with Gasteiger partial charge in [0.25, 0.3) is 5.91 Å². The Balaban J connectivity index is 1.69. The van der Waals surface area contributed by atoms with Crippen LogP contribution >= 0.6 is 0 Å². The highest BCUT2D eigenvalue weighted by molar-refractivity contribution is 6.00. The molecule has 1 amide bonds. The summed E-state index contributed by atoms with van der Waals surface area (Å²) in [5, 5.41) is 0. The standard InChI is InChI=1S/C24H28N2O4/c1-17-14-25(2)23(22(17)21-10-6-12-30-21)24(27)26(16-20-9-5-11-29-20)15-18-7-4-8-19(13-18)28-3/h4,6-8,10,12-14,20H,5,9,11,15-16H2,1-3H3. The number of nitrogens with zero attached hydrogens (tertiary/aromatic N) is 2. The molecule has 0 aliphatic carbocycles. The molecule has 3 heterocycles. The first-order chi connectivity index (χ1) is 14.6. The van der Waals surface area contributed by atoms with Gasteiger partial charge in [-0.15, -0.1) is 0 Å².